The van der Waals surface area contributed by atoms with E-state index in [0.29, 0.717) is 23.7 Å². The van der Waals surface area contributed by atoms with Crippen LogP contribution in [0.2, 0.25) is 0 Å². The number of aromatic amines is 1. The van der Waals surface area contributed by atoms with Crippen molar-refractivity contribution in [2.75, 3.05) is 25.7 Å². The molecule has 0 amide bonds. The van der Waals surface area contributed by atoms with Gasteiger partial charge in [-0.15, -0.1) is 4.80 Å². The molecule has 0 spiro atoms. The second-order valence-corrected chi connectivity index (χ2v) is 9.61. The van der Waals surface area contributed by atoms with Gasteiger partial charge >= 0.3 is 0 Å². The minimum absolute atomic E-state index is 0.0520. The summed E-state index contributed by atoms with van der Waals surface area (Å²) in [5.41, 5.74) is 5.84. The molecular weight excluding hydrogens is 428 g/mol. The summed E-state index contributed by atoms with van der Waals surface area (Å²) in [5, 5.41) is 8.68. The highest BCUT2D eigenvalue weighted by atomic mass is 16.5. The highest BCUT2D eigenvalue weighted by Gasteiger charge is 2.36. The van der Waals surface area contributed by atoms with Crippen LogP contribution in [0.25, 0.3) is 16.7 Å². The standard InChI is InChI=1S/C26H29N6O2/c1-16-13-21(25-29-18-8-7-17(26(2,3)4)14-19(18)30-25)31(15-16)23-20(32-27-11-12-28-32)9-10-22(33-5)24(23)34-6/h7-8,10-12,14,21H,1,13,15H2,2-6H3,(H,29,30)/t21-/m0/s1. The van der Waals surface area contributed by atoms with E-state index >= 15 is 0 Å². The van der Waals surface area contributed by atoms with Gasteiger partial charge in [-0.2, -0.15) is 10.2 Å². The predicted octanol–water partition coefficient (Wildman–Crippen LogP) is 4.77. The van der Waals surface area contributed by atoms with E-state index < -0.39 is 0 Å². The number of methoxy groups -OCH3 is 2. The summed E-state index contributed by atoms with van der Waals surface area (Å²) >= 11 is 0. The zero-order valence-electron chi connectivity index (χ0n) is 20.2. The SMILES string of the molecule is C=C1C[C@@H](c2nc3cc(C(C)(C)C)ccc3[nH]2)N(c2c(-n3nccn3)[c]cc(OC)c2OC)C1. The second kappa shape index (κ2) is 8.20. The Morgan fingerprint density at radius 2 is 1.91 bits per heavy atom. The summed E-state index contributed by atoms with van der Waals surface area (Å²) in [6.45, 7) is 11.6. The second-order valence-electron chi connectivity index (χ2n) is 9.61. The van der Waals surface area contributed by atoms with Crippen molar-refractivity contribution in [2.45, 2.75) is 38.6 Å². The van der Waals surface area contributed by atoms with Crippen LogP contribution in [0.15, 0.2) is 48.8 Å². The van der Waals surface area contributed by atoms with Gasteiger partial charge in [-0.1, -0.05) is 39.0 Å². The van der Waals surface area contributed by atoms with Crippen molar-refractivity contribution < 1.29 is 9.47 Å². The minimum Gasteiger partial charge on any atom is -0.493 e. The topological polar surface area (TPSA) is 81.1 Å². The Bertz CT molecular complexity index is 1350. The maximum atomic E-state index is 5.83. The minimum atomic E-state index is -0.0679. The fourth-order valence-corrected chi connectivity index (χ4v) is 4.52. The molecular formula is C26H29N6O2. The van der Waals surface area contributed by atoms with Crippen molar-refractivity contribution in [3.05, 3.63) is 66.3 Å². The first kappa shape index (κ1) is 22.0. The van der Waals surface area contributed by atoms with Gasteiger partial charge in [0.25, 0.3) is 0 Å². The normalized spacial score (nSPS) is 16.4. The average molecular weight is 458 g/mol. The van der Waals surface area contributed by atoms with E-state index in [1.54, 1.807) is 37.5 Å². The first-order chi connectivity index (χ1) is 16.3. The molecule has 2 aromatic carbocycles. The van der Waals surface area contributed by atoms with Gasteiger partial charge in [0.05, 0.1) is 43.7 Å². The average Bonchev–Trinajstić information content (AvgIpc) is 3.55. The van der Waals surface area contributed by atoms with E-state index in [4.69, 9.17) is 14.5 Å². The number of aromatic nitrogens is 5. The largest absolute Gasteiger partial charge is 0.493 e. The molecule has 1 fully saturated rings. The number of benzene rings is 2. The molecule has 1 atom stereocenters. The third-order valence-corrected chi connectivity index (χ3v) is 6.27. The van der Waals surface area contributed by atoms with Crippen molar-refractivity contribution in [3.63, 3.8) is 0 Å². The molecule has 4 aromatic rings. The number of nitrogens with zero attached hydrogens (tertiary/aromatic N) is 5. The van der Waals surface area contributed by atoms with Gasteiger partial charge in [0, 0.05) is 12.6 Å². The Labute approximate surface area is 199 Å². The van der Waals surface area contributed by atoms with Crippen molar-refractivity contribution in [1.82, 2.24) is 25.0 Å². The first-order valence-electron chi connectivity index (χ1n) is 11.3. The lowest BCUT2D eigenvalue weighted by Crippen LogP contribution is -2.26. The van der Waals surface area contributed by atoms with Crippen molar-refractivity contribution in [3.8, 4) is 17.2 Å². The maximum absolute atomic E-state index is 5.83. The predicted molar refractivity (Wildman–Crippen MR) is 132 cm³/mol. The Balaban J connectivity index is 1.65. The number of rotatable bonds is 5. The van der Waals surface area contributed by atoms with E-state index in [1.165, 1.54) is 5.56 Å². The molecule has 175 valence electrons. The molecule has 0 bridgehead atoms. The monoisotopic (exact) mass is 457 g/mol. The maximum Gasteiger partial charge on any atom is 0.186 e. The summed E-state index contributed by atoms with van der Waals surface area (Å²) in [6, 6.07) is 11.4. The van der Waals surface area contributed by atoms with Crippen molar-refractivity contribution >= 4 is 16.7 Å². The van der Waals surface area contributed by atoms with Crippen LogP contribution in [-0.4, -0.2) is 45.7 Å². The molecule has 1 radical (unpaired) electrons. The first-order valence-corrected chi connectivity index (χ1v) is 11.3. The van der Waals surface area contributed by atoms with E-state index in [2.05, 4.69) is 71.7 Å². The number of hydrogen-bond donors (Lipinski definition) is 1. The number of imidazole rings is 1. The van der Waals surface area contributed by atoms with Crippen molar-refractivity contribution in [1.29, 1.82) is 0 Å². The van der Waals surface area contributed by atoms with Gasteiger partial charge in [0.2, 0.25) is 0 Å². The molecule has 8 nitrogen and oxygen atoms in total. The third kappa shape index (κ3) is 3.69. The highest BCUT2D eigenvalue weighted by molar-refractivity contribution is 5.78. The zero-order chi connectivity index (χ0) is 24.0. The summed E-state index contributed by atoms with van der Waals surface area (Å²) in [7, 11) is 3.25. The molecule has 1 aliphatic heterocycles. The summed E-state index contributed by atoms with van der Waals surface area (Å²) in [5.74, 6) is 2.06. The van der Waals surface area contributed by atoms with E-state index in [9.17, 15) is 0 Å². The molecule has 2 aromatic heterocycles. The molecule has 0 aliphatic carbocycles. The Morgan fingerprint density at radius 3 is 2.59 bits per heavy atom. The zero-order valence-corrected chi connectivity index (χ0v) is 20.2. The lowest BCUT2D eigenvalue weighted by molar-refractivity contribution is 0.354. The van der Waals surface area contributed by atoms with Gasteiger partial charge in [0.15, 0.2) is 11.5 Å². The highest BCUT2D eigenvalue weighted by Crippen LogP contribution is 2.48. The van der Waals surface area contributed by atoms with Crippen LogP contribution >= 0.6 is 0 Å². The van der Waals surface area contributed by atoms with Gasteiger partial charge in [-0.05, 0) is 35.6 Å². The van der Waals surface area contributed by atoms with Gasteiger partial charge in [0.1, 0.15) is 17.2 Å². The number of H-pyrrole nitrogens is 1. The summed E-state index contributed by atoms with van der Waals surface area (Å²) < 4.78 is 11.4. The van der Waals surface area contributed by atoms with Gasteiger partial charge < -0.3 is 19.4 Å². The lowest BCUT2D eigenvalue weighted by atomic mass is 9.87. The Kier molecular flexibility index (Phi) is 5.31. The molecule has 1 saturated heterocycles. The number of anilines is 1. The lowest BCUT2D eigenvalue weighted by Gasteiger charge is -2.29. The molecule has 0 saturated carbocycles. The Hall–Kier alpha value is -3.81. The number of ether oxygens (including phenoxy) is 2. The quantitative estimate of drug-likeness (QED) is 0.435. The van der Waals surface area contributed by atoms with Gasteiger partial charge in [-0.25, -0.2) is 4.98 Å². The number of hydrogen-bond acceptors (Lipinski definition) is 6. The number of fused-ring (bicyclic) bond motifs is 1. The summed E-state index contributed by atoms with van der Waals surface area (Å²) in [4.78, 5) is 12.3. The van der Waals surface area contributed by atoms with Crippen LogP contribution in [-0.2, 0) is 5.41 Å². The third-order valence-electron chi connectivity index (χ3n) is 6.27. The number of nitrogens with one attached hydrogen (secondary N) is 1. The van der Waals surface area contributed by atoms with Crippen molar-refractivity contribution in [2.24, 2.45) is 0 Å². The Morgan fingerprint density at radius 1 is 1.15 bits per heavy atom. The van der Waals surface area contributed by atoms with Crippen LogP contribution in [0, 0.1) is 6.07 Å². The molecule has 5 rings (SSSR count). The summed E-state index contributed by atoms with van der Waals surface area (Å²) in [6.07, 6.45) is 4.04. The smallest absolute Gasteiger partial charge is 0.186 e. The van der Waals surface area contributed by atoms with Crippen LogP contribution in [0.1, 0.15) is 44.6 Å². The fraction of sp³-hybridized carbons (Fsp3) is 0.346. The van der Waals surface area contributed by atoms with Crippen LogP contribution in [0.5, 0.6) is 11.5 Å². The van der Waals surface area contributed by atoms with E-state index in [-0.39, 0.29) is 11.5 Å². The van der Waals surface area contributed by atoms with Crippen LogP contribution in [0.3, 0.4) is 0 Å². The van der Waals surface area contributed by atoms with E-state index in [0.717, 1.165) is 34.5 Å². The molecule has 1 N–H and O–H groups in total. The van der Waals surface area contributed by atoms with Crippen LogP contribution in [0.4, 0.5) is 5.69 Å². The molecule has 8 heteroatoms. The molecule has 3 heterocycles. The molecule has 34 heavy (non-hydrogen) atoms. The van der Waals surface area contributed by atoms with Gasteiger partial charge in [-0.3, -0.25) is 0 Å². The molecule has 0 unspecified atom stereocenters. The van der Waals surface area contributed by atoms with E-state index in [1.807, 2.05) is 0 Å². The fourth-order valence-electron chi connectivity index (χ4n) is 4.52. The van der Waals surface area contributed by atoms with Crippen LogP contribution < -0.4 is 14.4 Å². The molecule has 1 aliphatic rings.